The van der Waals surface area contributed by atoms with Gasteiger partial charge in [0, 0.05) is 25.2 Å². The molecule has 1 atom stereocenters. The van der Waals surface area contributed by atoms with E-state index < -0.39 is 0 Å². The van der Waals surface area contributed by atoms with Gasteiger partial charge in [0.05, 0.1) is 23.9 Å². The minimum Gasteiger partial charge on any atom is -0.332 e. The number of nitrogens with zero attached hydrogens (tertiary/aromatic N) is 4. The summed E-state index contributed by atoms with van der Waals surface area (Å²) in [6.07, 6.45) is 6.02. The molecule has 0 saturated carbocycles. The first-order valence-electron chi connectivity index (χ1n) is 6.77. The molecule has 5 nitrogen and oxygen atoms in total. The van der Waals surface area contributed by atoms with Crippen molar-refractivity contribution in [3.63, 3.8) is 0 Å². The largest absolute Gasteiger partial charge is 0.332 e. The maximum Gasteiger partial charge on any atom is 0.133 e. The summed E-state index contributed by atoms with van der Waals surface area (Å²) < 4.78 is 1.99. The fraction of sp³-hybridized carbons (Fsp3) is 0.500. The zero-order valence-electron chi connectivity index (χ0n) is 11.4. The second kappa shape index (κ2) is 5.09. The third-order valence-electron chi connectivity index (χ3n) is 3.61. The predicted molar refractivity (Wildman–Crippen MR) is 73.8 cm³/mol. The van der Waals surface area contributed by atoms with E-state index in [-0.39, 0.29) is 0 Å². The summed E-state index contributed by atoms with van der Waals surface area (Å²) in [5, 5.41) is 3.42. The molecule has 3 rings (SSSR count). The Morgan fingerprint density at radius 1 is 1.37 bits per heavy atom. The maximum absolute atomic E-state index is 4.75. The number of aryl methyl sites for hydroxylation is 2. The van der Waals surface area contributed by atoms with Gasteiger partial charge in [-0.3, -0.25) is 0 Å². The molecule has 1 aliphatic rings. The van der Waals surface area contributed by atoms with Gasteiger partial charge in [-0.2, -0.15) is 0 Å². The van der Waals surface area contributed by atoms with Gasteiger partial charge in [0.15, 0.2) is 0 Å². The molecule has 1 saturated heterocycles. The quantitative estimate of drug-likeness (QED) is 0.889. The van der Waals surface area contributed by atoms with Crippen LogP contribution in [0.1, 0.15) is 30.3 Å². The first kappa shape index (κ1) is 12.3. The molecular formula is C14H19N5. The lowest BCUT2D eigenvalue weighted by atomic mass is 9.98. The number of aromatic nitrogens is 4. The van der Waals surface area contributed by atoms with Crippen LogP contribution in [0.2, 0.25) is 0 Å². The van der Waals surface area contributed by atoms with Gasteiger partial charge in [-0.15, -0.1) is 0 Å². The lowest BCUT2D eigenvalue weighted by Crippen LogP contribution is -2.29. The Labute approximate surface area is 113 Å². The SMILES string of the molecule is Cc1cc(-c2cncn2C)nc(C2CCCNC2)n1. The van der Waals surface area contributed by atoms with Gasteiger partial charge in [0.2, 0.25) is 0 Å². The van der Waals surface area contributed by atoms with Crippen molar-refractivity contribution in [2.75, 3.05) is 13.1 Å². The van der Waals surface area contributed by atoms with E-state index in [2.05, 4.69) is 15.3 Å². The Bertz CT molecular complexity index is 569. The summed E-state index contributed by atoms with van der Waals surface area (Å²) in [6.45, 7) is 4.12. The molecule has 1 N–H and O–H groups in total. The Kier molecular flexibility index (Phi) is 3.29. The molecule has 0 aliphatic carbocycles. The lowest BCUT2D eigenvalue weighted by molar-refractivity contribution is 0.446. The number of imidazole rings is 1. The second-order valence-corrected chi connectivity index (χ2v) is 5.19. The third kappa shape index (κ3) is 2.51. The van der Waals surface area contributed by atoms with Gasteiger partial charge in [0.1, 0.15) is 5.82 Å². The number of hydrogen-bond acceptors (Lipinski definition) is 4. The Hall–Kier alpha value is -1.75. The van der Waals surface area contributed by atoms with Crippen LogP contribution in [0.15, 0.2) is 18.6 Å². The average molecular weight is 257 g/mol. The van der Waals surface area contributed by atoms with Crippen LogP contribution in [-0.2, 0) is 7.05 Å². The highest BCUT2D eigenvalue weighted by Gasteiger charge is 2.19. The summed E-state index contributed by atoms with van der Waals surface area (Å²) in [4.78, 5) is 13.5. The number of nitrogens with one attached hydrogen (secondary N) is 1. The van der Waals surface area contributed by atoms with Gasteiger partial charge in [-0.25, -0.2) is 15.0 Å². The molecule has 1 aliphatic heterocycles. The van der Waals surface area contributed by atoms with Crippen molar-refractivity contribution in [3.05, 3.63) is 30.1 Å². The highest BCUT2D eigenvalue weighted by Crippen LogP contribution is 2.23. The van der Waals surface area contributed by atoms with E-state index in [0.717, 1.165) is 36.0 Å². The van der Waals surface area contributed by atoms with E-state index in [1.807, 2.05) is 30.8 Å². The molecule has 0 radical (unpaired) electrons. The average Bonchev–Trinajstić information content (AvgIpc) is 2.85. The van der Waals surface area contributed by atoms with Gasteiger partial charge < -0.3 is 9.88 Å². The molecule has 2 aromatic heterocycles. The minimum absolute atomic E-state index is 0.431. The van der Waals surface area contributed by atoms with E-state index in [0.29, 0.717) is 5.92 Å². The molecule has 100 valence electrons. The van der Waals surface area contributed by atoms with Gasteiger partial charge in [-0.1, -0.05) is 0 Å². The summed E-state index contributed by atoms with van der Waals surface area (Å²) in [5.74, 6) is 1.39. The van der Waals surface area contributed by atoms with E-state index in [9.17, 15) is 0 Å². The van der Waals surface area contributed by atoms with Crippen molar-refractivity contribution >= 4 is 0 Å². The lowest BCUT2D eigenvalue weighted by Gasteiger charge is -2.22. The fourth-order valence-electron chi connectivity index (χ4n) is 2.58. The molecule has 1 unspecified atom stereocenters. The van der Waals surface area contributed by atoms with Crippen LogP contribution < -0.4 is 5.32 Å². The second-order valence-electron chi connectivity index (χ2n) is 5.19. The molecule has 3 heterocycles. The monoisotopic (exact) mass is 257 g/mol. The van der Waals surface area contributed by atoms with E-state index >= 15 is 0 Å². The van der Waals surface area contributed by atoms with Crippen molar-refractivity contribution in [2.24, 2.45) is 7.05 Å². The molecule has 0 aromatic carbocycles. The summed E-state index contributed by atoms with van der Waals surface area (Å²) >= 11 is 0. The zero-order valence-corrected chi connectivity index (χ0v) is 11.4. The highest BCUT2D eigenvalue weighted by atomic mass is 15.0. The van der Waals surface area contributed by atoms with E-state index in [1.54, 1.807) is 6.33 Å². The summed E-state index contributed by atoms with van der Waals surface area (Å²) in [7, 11) is 1.99. The minimum atomic E-state index is 0.431. The predicted octanol–water partition coefficient (Wildman–Crippen LogP) is 1.65. The van der Waals surface area contributed by atoms with Crippen LogP contribution in [0.4, 0.5) is 0 Å². The van der Waals surface area contributed by atoms with E-state index in [1.165, 1.54) is 12.8 Å². The number of piperidine rings is 1. The molecule has 19 heavy (non-hydrogen) atoms. The topological polar surface area (TPSA) is 55.6 Å². The molecule has 0 spiro atoms. The van der Waals surface area contributed by atoms with Crippen molar-refractivity contribution in [1.29, 1.82) is 0 Å². The van der Waals surface area contributed by atoms with E-state index in [4.69, 9.17) is 4.98 Å². The Balaban J connectivity index is 1.98. The summed E-state index contributed by atoms with van der Waals surface area (Å²) in [5.41, 5.74) is 3.02. The smallest absolute Gasteiger partial charge is 0.133 e. The first-order chi connectivity index (χ1) is 9.24. The molecule has 0 bridgehead atoms. The van der Waals surface area contributed by atoms with Crippen LogP contribution in [0.25, 0.3) is 11.4 Å². The van der Waals surface area contributed by atoms with Crippen molar-refractivity contribution in [3.8, 4) is 11.4 Å². The molecule has 0 amide bonds. The Morgan fingerprint density at radius 2 is 2.26 bits per heavy atom. The van der Waals surface area contributed by atoms with Crippen LogP contribution >= 0.6 is 0 Å². The van der Waals surface area contributed by atoms with Crippen LogP contribution in [0, 0.1) is 6.92 Å². The Morgan fingerprint density at radius 3 is 2.95 bits per heavy atom. The van der Waals surface area contributed by atoms with Crippen LogP contribution in [0.5, 0.6) is 0 Å². The molecule has 2 aromatic rings. The maximum atomic E-state index is 4.75. The molecular weight excluding hydrogens is 238 g/mol. The van der Waals surface area contributed by atoms with Gasteiger partial charge in [-0.05, 0) is 32.4 Å². The number of rotatable bonds is 2. The van der Waals surface area contributed by atoms with Crippen molar-refractivity contribution in [2.45, 2.75) is 25.7 Å². The molecule has 5 heteroatoms. The van der Waals surface area contributed by atoms with Crippen LogP contribution in [0.3, 0.4) is 0 Å². The number of hydrogen-bond donors (Lipinski definition) is 1. The highest BCUT2D eigenvalue weighted by molar-refractivity contribution is 5.54. The summed E-state index contributed by atoms with van der Waals surface area (Å²) in [6, 6.07) is 2.02. The molecule has 1 fully saturated rings. The van der Waals surface area contributed by atoms with Gasteiger partial charge >= 0.3 is 0 Å². The standard InChI is InChI=1S/C14H19N5/c1-10-6-12(13-8-16-9-19(13)2)18-14(17-10)11-4-3-5-15-7-11/h6,8-9,11,15H,3-5,7H2,1-2H3. The van der Waals surface area contributed by atoms with Crippen molar-refractivity contribution < 1.29 is 0 Å². The fourth-order valence-corrected chi connectivity index (χ4v) is 2.58. The zero-order chi connectivity index (χ0) is 13.2. The third-order valence-corrected chi connectivity index (χ3v) is 3.61. The van der Waals surface area contributed by atoms with Gasteiger partial charge in [0.25, 0.3) is 0 Å². The van der Waals surface area contributed by atoms with Crippen LogP contribution in [-0.4, -0.2) is 32.6 Å². The van der Waals surface area contributed by atoms with Crippen molar-refractivity contribution in [1.82, 2.24) is 24.8 Å². The first-order valence-corrected chi connectivity index (χ1v) is 6.77. The normalized spacial score (nSPS) is 19.6.